The van der Waals surface area contributed by atoms with Crippen LogP contribution in [-0.2, 0) is 23.8 Å². The number of halogens is 1. The molecule has 4 aliphatic rings. The van der Waals surface area contributed by atoms with Crippen molar-refractivity contribution in [2.75, 3.05) is 13.2 Å². The van der Waals surface area contributed by atoms with Crippen LogP contribution < -0.4 is 22.3 Å². The van der Waals surface area contributed by atoms with Gasteiger partial charge in [-0.2, -0.15) is 12.8 Å². The van der Waals surface area contributed by atoms with E-state index >= 15 is 0 Å². The molecule has 1 N–H and O–H groups in total. The minimum atomic E-state index is -0.542. The molecule has 2 heterocycles. The van der Waals surface area contributed by atoms with Crippen molar-refractivity contribution in [1.29, 1.82) is 0 Å². The number of ether oxygens (including phenoxy) is 3. The molecule has 2 atom stereocenters. The van der Waals surface area contributed by atoms with Crippen molar-refractivity contribution in [2.24, 2.45) is 5.92 Å². The summed E-state index contributed by atoms with van der Waals surface area (Å²) in [6.07, 6.45) is 19.3. The quantitative estimate of drug-likeness (QED) is 0.300. The third-order valence-corrected chi connectivity index (χ3v) is 7.87. The summed E-state index contributed by atoms with van der Waals surface area (Å²) >= 11 is 0. The third kappa shape index (κ3) is 24.8. The number of amides is 3. The molecule has 9 nitrogen and oxygen atoms in total. The summed E-state index contributed by atoms with van der Waals surface area (Å²) in [6, 6.07) is -0.0604. The standard InChI is InChI=1S/C16H29NO3.C10H17NO3.C6H11.C4H8O.BrH.Mg/c1-12(17-15(19)20-16(2,3)4)10-11-14(18)13-8-6-5-7-9-13;1-7-5-6-8(12)11(7)9(13)14-10(2,3)4;1-2-4-6-5-3-1;1-2-4-5-3-1;;/h12-13H,5-11H2,1-4H3,(H,17,19);7H,5-6H2,1-4H3;1H,2-6H2;1-4H2;1H;/q;;-1;;;+2/p-1. The molecule has 0 radical (unpaired) electrons. The van der Waals surface area contributed by atoms with Crippen LogP contribution >= 0.6 is 0 Å². The molecule has 3 amide bonds. The zero-order chi connectivity index (χ0) is 33.9. The van der Waals surface area contributed by atoms with E-state index in [4.69, 9.17) is 14.2 Å². The first-order valence-electron chi connectivity index (χ1n) is 17.6. The second kappa shape index (κ2) is 26.0. The number of likely N-dealkylation sites (tertiary alicyclic amines) is 1. The fourth-order valence-corrected chi connectivity index (χ4v) is 5.40. The number of alkyl carbamates (subject to hydrolysis) is 1. The van der Waals surface area contributed by atoms with E-state index < -0.39 is 23.4 Å². The van der Waals surface area contributed by atoms with Crippen LogP contribution in [0.2, 0.25) is 0 Å². The maximum absolute atomic E-state index is 12.1. The average molecular weight is 742 g/mol. The summed E-state index contributed by atoms with van der Waals surface area (Å²) in [6.45, 7) is 16.6. The Labute approximate surface area is 313 Å². The SMILES string of the molecule is C1CCOC1.CC(CCC(=O)C1CCCCC1)NC(=O)OC(C)(C)C.CC1CCC(=O)N1C(=O)OC(C)(C)C.[Br-].[CH-]1CCCCC1.[Mg+2]. The summed E-state index contributed by atoms with van der Waals surface area (Å²) in [5, 5.41) is 2.78. The summed E-state index contributed by atoms with van der Waals surface area (Å²) in [4.78, 5) is 47.8. The predicted molar refractivity (Wildman–Crippen MR) is 185 cm³/mol. The van der Waals surface area contributed by atoms with Gasteiger partial charge in [0, 0.05) is 44.1 Å². The summed E-state index contributed by atoms with van der Waals surface area (Å²) < 4.78 is 15.3. The number of ketones is 1. The molecule has 2 saturated carbocycles. The van der Waals surface area contributed by atoms with E-state index in [9.17, 15) is 19.2 Å². The Morgan fingerprint density at radius 1 is 0.872 bits per heavy atom. The number of nitrogens with zero attached hydrogens (tertiary/aromatic N) is 1. The van der Waals surface area contributed by atoms with Gasteiger partial charge < -0.3 is 42.9 Å². The van der Waals surface area contributed by atoms with Gasteiger partial charge in [-0.25, -0.2) is 14.5 Å². The zero-order valence-corrected chi connectivity index (χ0v) is 33.9. The molecule has 47 heavy (non-hydrogen) atoms. The normalized spacial score (nSPS) is 20.2. The number of Topliss-reactive ketones (excluding diaryl/α,β-unsaturated/α-hetero) is 1. The van der Waals surface area contributed by atoms with Crippen LogP contribution in [-0.4, -0.2) is 88.3 Å². The van der Waals surface area contributed by atoms with Crippen molar-refractivity contribution in [3.63, 3.8) is 0 Å². The minimum absolute atomic E-state index is 0. The third-order valence-electron chi connectivity index (χ3n) is 7.87. The molecule has 4 rings (SSSR count). The van der Waals surface area contributed by atoms with Gasteiger partial charge in [0.15, 0.2) is 0 Å². The van der Waals surface area contributed by atoms with Gasteiger partial charge in [-0.05, 0) is 93.9 Å². The van der Waals surface area contributed by atoms with Crippen LogP contribution in [0.1, 0.15) is 158 Å². The smallest absolute Gasteiger partial charge is 1.00 e. The van der Waals surface area contributed by atoms with E-state index in [2.05, 4.69) is 11.7 Å². The number of hydrogen-bond acceptors (Lipinski definition) is 7. The van der Waals surface area contributed by atoms with Gasteiger partial charge in [0.25, 0.3) is 0 Å². The Morgan fingerprint density at radius 2 is 1.40 bits per heavy atom. The fourth-order valence-electron chi connectivity index (χ4n) is 5.40. The number of hydrogen-bond donors (Lipinski definition) is 1. The number of nitrogens with one attached hydrogen (secondary N) is 1. The fraction of sp³-hybridized carbons (Fsp3) is 0.861. The van der Waals surface area contributed by atoms with Crippen LogP contribution in [0.3, 0.4) is 0 Å². The minimum Gasteiger partial charge on any atom is -1.00 e. The van der Waals surface area contributed by atoms with Gasteiger partial charge in [-0.1, -0.05) is 38.5 Å². The molecule has 0 bridgehead atoms. The Balaban J connectivity index is 0. The number of carbonyl (C=O) groups excluding carboxylic acids is 4. The van der Waals surface area contributed by atoms with Crippen molar-refractivity contribution in [3.05, 3.63) is 6.42 Å². The van der Waals surface area contributed by atoms with Crippen molar-refractivity contribution in [1.82, 2.24) is 10.2 Å². The summed E-state index contributed by atoms with van der Waals surface area (Å²) in [5.41, 5.74) is -1.03. The summed E-state index contributed by atoms with van der Waals surface area (Å²) in [7, 11) is 0. The molecule has 0 aromatic rings. The van der Waals surface area contributed by atoms with Crippen LogP contribution in [0.4, 0.5) is 9.59 Å². The largest absolute Gasteiger partial charge is 2.00 e. The molecule has 270 valence electrons. The molecule has 0 aromatic carbocycles. The molecule has 0 spiro atoms. The van der Waals surface area contributed by atoms with Gasteiger partial charge in [0.2, 0.25) is 5.91 Å². The van der Waals surface area contributed by atoms with Gasteiger partial charge in [-0.3, -0.25) is 9.59 Å². The maximum atomic E-state index is 12.1. The van der Waals surface area contributed by atoms with Gasteiger partial charge >= 0.3 is 35.2 Å². The van der Waals surface area contributed by atoms with Crippen molar-refractivity contribution < 1.29 is 50.4 Å². The second-order valence-electron chi connectivity index (χ2n) is 14.8. The van der Waals surface area contributed by atoms with E-state index in [0.29, 0.717) is 25.0 Å². The molecule has 0 aromatic heterocycles. The van der Waals surface area contributed by atoms with Crippen molar-refractivity contribution in [3.8, 4) is 0 Å². The number of imide groups is 1. The topological polar surface area (TPSA) is 111 Å². The molecule has 2 aliphatic carbocycles. The van der Waals surface area contributed by atoms with Gasteiger partial charge in [0.1, 0.15) is 17.0 Å². The van der Waals surface area contributed by atoms with E-state index in [1.54, 1.807) is 20.8 Å². The first kappa shape index (κ1) is 48.2. The molecule has 2 aliphatic heterocycles. The molecule has 4 fully saturated rings. The van der Waals surface area contributed by atoms with Crippen LogP contribution in [0.5, 0.6) is 0 Å². The molecular formula is C36H65BrMgN2O7. The molecule has 11 heteroatoms. The summed E-state index contributed by atoms with van der Waals surface area (Å²) in [5.74, 6) is 0.492. The Hall–Kier alpha value is -0.914. The molecular weight excluding hydrogens is 677 g/mol. The van der Waals surface area contributed by atoms with Crippen molar-refractivity contribution in [2.45, 2.75) is 181 Å². The first-order chi connectivity index (χ1) is 21.1. The number of carbonyl (C=O) groups is 4. The van der Waals surface area contributed by atoms with Crippen LogP contribution in [0.25, 0.3) is 0 Å². The Morgan fingerprint density at radius 3 is 1.79 bits per heavy atom. The van der Waals surface area contributed by atoms with Crippen molar-refractivity contribution >= 4 is 46.9 Å². The average Bonchev–Trinajstić information content (AvgIpc) is 3.65. The van der Waals surface area contributed by atoms with E-state index in [1.165, 1.54) is 69.1 Å². The van der Waals surface area contributed by atoms with E-state index in [-0.39, 0.29) is 63.9 Å². The monoisotopic (exact) mass is 740 g/mol. The van der Waals surface area contributed by atoms with E-state index in [1.807, 2.05) is 34.6 Å². The van der Waals surface area contributed by atoms with E-state index in [0.717, 1.165) is 32.5 Å². The molecule has 2 unspecified atom stereocenters. The van der Waals surface area contributed by atoms with Gasteiger partial charge in [0.05, 0.1) is 0 Å². The number of rotatable bonds is 5. The molecule has 2 saturated heterocycles. The first-order valence-corrected chi connectivity index (χ1v) is 17.6. The zero-order valence-electron chi connectivity index (χ0n) is 30.9. The Bertz CT molecular complexity index is 858. The maximum Gasteiger partial charge on any atom is 2.00 e. The van der Waals surface area contributed by atoms with Crippen LogP contribution in [0, 0.1) is 12.3 Å². The van der Waals surface area contributed by atoms with Crippen LogP contribution in [0.15, 0.2) is 0 Å². The predicted octanol–water partition coefficient (Wildman–Crippen LogP) is 5.34. The van der Waals surface area contributed by atoms with Gasteiger partial charge in [-0.15, -0.1) is 0 Å². The Kier molecular flexibility index (Phi) is 26.6. The second-order valence-corrected chi connectivity index (χ2v) is 14.8.